The second-order valence-electron chi connectivity index (χ2n) is 7.12. The van der Waals surface area contributed by atoms with Gasteiger partial charge in [0.25, 0.3) is 5.91 Å². The van der Waals surface area contributed by atoms with E-state index in [9.17, 15) is 9.59 Å². The Labute approximate surface area is 174 Å². The van der Waals surface area contributed by atoms with Crippen LogP contribution in [0, 0.1) is 6.92 Å². The standard InChI is InChI=1S/C21H24Cl2N2O3/c1-3-28-21(27)15-6-4-5-14(11-15)13-7-9-16(10-8-13)25-20(26)19-18(23)17(22)12(2)24-19/h4-6,11,13,16,24H,3,7-10H2,1-2H3,(H,25,26). The van der Waals surface area contributed by atoms with Crippen LogP contribution in [0.25, 0.3) is 0 Å². The molecule has 1 fully saturated rings. The van der Waals surface area contributed by atoms with Crippen molar-refractivity contribution in [3.05, 3.63) is 56.8 Å². The zero-order valence-electron chi connectivity index (χ0n) is 16.0. The van der Waals surface area contributed by atoms with E-state index < -0.39 is 0 Å². The lowest BCUT2D eigenvalue weighted by Crippen LogP contribution is -2.37. The SMILES string of the molecule is CCOC(=O)c1cccc(C2CCC(NC(=O)c3[nH]c(C)c(Cl)c3Cl)CC2)c1. The van der Waals surface area contributed by atoms with Crippen LogP contribution in [0.2, 0.25) is 10.0 Å². The third-order valence-corrected chi connectivity index (χ3v) is 6.16. The van der Waals surface area contributed by atoms with Gasteiger partial charge in [0.1, 0.15) is 5.69 Å². The number of nitrogens with one attached hydrogen (secondary N) is 2. The highest BCUT2D eigenvalue weighted by molar-refractivity contribution is 6.44. The molecule has 1 aromatic heterocycles. The minimum Gasteiger partial charge on any atom is -0.462 e. The van der Waals surface area contributed by atoms with Crippen molar-refractivity contribution in [2.45, 2.75) is 51.5 Å². The van der Waals surface area contributed by atoms with Crippen LogP contribution in [0.1, 0.15) is 70.6 Å². The summed E-state index contributed by atoms with van der Waals surface area (Å²) >= 11 is 12.2. The number of halogens is 2. The number of carbonyl (C=O) groups is 2. The zero-order valence-corrected chi connectivity index (χ0v) is 17.5. The summed E-state index contributed by atoms with van der Waals surface area (Å²) < 4.78 is 5.08. The Hall–Kier alpha value is -1.98. The molecule has 0 spiro atoms. The smallest absolute Gasteiger partial charge is 0.338 e. The van der Waals surface area contributed by atoms with Crippen LogP contribution >= 0.6 is 23.2 Å². The predicted octanol–water partition coefficient (Wildman–Crippen LogP) is 5.26. The predicted molar refractivity (Wildman–Crippen MR) is 110 cm³/mol. The third-order valence-electron chi connectivity index (χ3n) is 5.21. The fourth-order valence-electron chi connectivity index (χ4n) is 3.69. The van der Waals surface area contributed by atoms with Crippen LogP contribution < -0.4 is 5.32 Å². The number of carbonyl (C=O) groups excluding carboxylic acids is 2. The summed E-state index contributed by atoms with van der Waals surface area (Å²) in [7, 11) is 0. The molecule has 1 aliphatic carbocycles. The van der Waals surface area contributed by atoms with Crippen molar-refractivity contribution in [1.82, 2.24) is 10.3 Å². The molecule has 3 rings (SSSR count). The average Bonchev–Trinajstić information content (AvgIpc) is 2.96. The molecular weight excluding hydrogens is 399 g/mol. The Kier molecular flexibility index (Phi) is 6.68. The van der Waals surface area contributed by atoms with Crippen LogP contribution in [0.15, 0.2) is 24.3 Å². The number of aryl methyl sites for hydroxylation is 1. The Balaban J connectivity index is 1.59. The highest BCUT2D eigenvalue weighted by Crippen LogP contribution is 2.34. The summed E-state index contributed by atoms with van der Waals surface area (Å²) in [4.78, 5) is 27.4. The van der Waals surface area contributed by atoms with E-state index in [1.165, 1.54) is 0 Å². The molecule has 1 heterocycles. The van der Waals surface area contributed by atoms with Crippen molar-refractivity contribution < 1.29 is 14.3 Å². The second-order valence-corrected chi connectivity index (χ2v) is 7.88. The second kappa shape index (κ2) is 9.01. The van der Waals surface area contributed by atoms with Gasteiger partial charge in [-0.2, -0.15) is 0 Å². The van der Waals surface area contributed by atoms with E-state index in [2.05, 4.69) is 16.4 Å². The highest BCUT2D eigenvalue weighted by Gasteiger charge is 2.26. The number of H-pyrrole nitrogens is 1. The fraction of sp³-hybridized carbons (Fsp3) is 0.429. The molecule has 1 aliphatic rings. The summed E-state index contributed by atoms with van der Waals surface area (Å²) in [6, 6.07) is 7.74. The number of aromatic amines is 1. The number of amides is 1. The van der Waals surface area contributed by atoms with Crippen LogP contribution in [0.3, 0.4) is 0 Å². The van der Waals surface area contributed by atoms with Gasteiger partial charge in [0, 0.05) is 11.7 Å². The van der Waals surface area contributed by atoms with Crippen molar-refractivity contribution in [3.63, 3.8) is 0 Å². The van der Waals surface area contributed by atoms with Crippen molar-refractivity contribution in [2.75, 3.05) is 6.61 Å². The molecule has 2 N–H and O–H groups in total. The first-order chi connectivity index (χ1) is 13.4. The van der Waals surface area contributed by atoms with E-state index in [1.807, 2.05) is 12.1 Å². The maximum Gasteiger partial charge on any atom is 0.338 e. The summed E-state index contributed by atoms with van der Waals surface area (Å²) in [6.45, 7) is 3.94. The molecule has 1 amide bonds. The molecule has 0 aliphatic heterocycles. The number of rotatable bonds is 5. The molecule has 150 valence electrons. The van der Waals surface area contributed by atoms with E-state index in [0.29, 0.717) is 34.5 Å². The van der Waals surface area contributed by atoms with Crippen LogP contribution in [-0.2, 0) is 4.74 Å². The minimum atomic E-state index is -0.290. The minimum absolute atomic E-state index is 0.0930. The molecule has 0 saturated heterocycles. The molecule has 1 aromatic carbocycles. The molecule has 5 nitrogen and oxygen atoms in total. The highest BCUT2D eigenvalue weighted by atomic mass is 35.5. The van der Waals surface area contributed by atoms with Crippen molar-refractivity contribution >= 4 is 35.1 Å². The largest absolute Gasteiger partial charge is 0.462 e. The molecule has 28 heavy (non-hydrogen) atoms. The summed E-state index contributed by atoms with van der Waals surface area (Å²) in [5.41, 5.74) is 2.73. The number of benzene rings is 1. The van der Waals surface area contributed by atoms with Gasteiger partial charge in [-0.25, -0.2) is 4.79 Å². The zero-order chi connectivity index (χ0) is 20.3. The van der Waals surface area contributed by atoms with Gasteiger partial charge in [-0.05, 0) is 63.1 Å². The van der Waals surface area contributed by atoms with E-state index in [0.717, 1.165) is 31.2 Å². The number of esters is 1. The van der Waals surface area contributed by atoms with Gasteiger partial charge in [-0.1, -0.05) is 35.3 Å². The lowest BCUT2D eigenvalue weighted by Gasteiger charge is -2.29. The van der Waals surface area contributed by atoms with Crippen LogP contribution in [-0.4, -0.2) is 29.5 Å². The number of hydrogen-bond donors (Lipinski definition) is 2. The fourth-order valence-corrected chi connectivity index (χ4v) is 4.11. The van der Waals surface area contributed by atoms with Gasteiger partial charge < -0.3 is 15.0 Å². The molecule has 0 unspecified atom stereocenters. The maximum atomic E-state index is 12.5. The lowest BCUT2D eigenvalue weighted by molar-refractivity contribution is 0.0526. The van der Waals surface area contributed by atoms with Crippen molar-refractivity contribution in [1.29, 1.82) is 0 Å². The topological polar surface area (TPSA) is 71.2 Å². The normalized spacial score (nSPS) is 19.3. The Morgan fingerprint density at radius 3 is 2.50 bits per heavy atom. The molecule has 1 saturated carbocycles. The average molecular weight is 423 g/mol. The molecule has 7 heteroatoms. The quantitative estimate of drug-likeness (QED) is 0.645. The molecule has 0 bridgehead atoms. The van der Waals surface area contributed by atoms with E-state index >= 15 is 0 Å². The first-order valence-electron chi connectivity index (χ1n) is 9.52. The van der Waals surface area contributed by atoms with Crippen LogP contribution in [0.4, 0.5) is 0 Å². The van der Waals surface area contributed by atoms with Gasteiger partial charge in [0.15, 0.2) is 0 Å². The Bertz CT molecular complexity index is 871. The summed E-state index contributed by atoms with van der Waals surface area (Å²) in [5.74, 6) is -0.150. The Morgan fingerprint density at radius 2 is 1.89 bits per heavy atom. The molecular formula is C21H24Cl2N2O3. The van der Waals surface area contributed by atoms with E-state index in [4.69, 9.17) is 27.9 Å². The van der Waals surface area contributed by atoms with Crippen LogP contribution in [0.5, 0.6) is 0 Å². The molecule has 0 radical (unpaired) electrons. The Morgan fingerprint density at radius 1 is 1.18 bits per heavy atom. The number of hydrogen-bond acceptors (Lipinski definition) is 3. The van der Waals surface area contributed by atoms with Crippen molar-refractivity contribution in [3.8, 4) is 0 Å². The lowest BCUT2D eigenvalue weighted by atomic mass is 9.81. The summed E-state index contributed by atoms with van der Waals surface area (Å²) in [5, 5.41) is 3.70. The number of aromatic nitrogens is 1. The number of ether oxygens (including phenoxy) is 1. The first kappa shape index (κ1) is 20.7. The van der Waals surface area contributed by atoms with Gasteiger partial charge >= 0.3 is 5.97 Å². The monoisotopic (exact) mass is 422 g/mol. The molecule has 0 atom stereocenters. The maximum absolute atomic E-state index is 12.5. The van der Waals surface area contributed by atoms with Gasteiger partial charge in [0.05, 0.1) is 22.2 Å². The van der Waals surface area contributed by atoms with E-state index in [1.54, 1.807) is 19.9 Å². The van der Waals surface area contributed by atoms with Crippen molar-refractivity contribution in [2.24, 2.45) is 0 Å². The van der Waals surface area contributed by atoms with Gasteiger partial charge in [-0.3, -0.25) is 4.79 Å². The van der Waals surface area contributed by atoms with E-state index in [-0.39, 0.29) is 22.9 Å². The van der Waals surface area contributed by atoms with Gasteiger partial charge in [-0.15, -0.1) is 0 Å². The summed E-state index contributed by atoms with van der Waals surface area (Å²) in [6.07, 6.45) is 3.61. The third kappa shape index (κ3) is 4.53. The molecule has 2 aromatic rings. The first-order valence-corrected chi connectivity index (χ1v) is 10.3. The van der Waals surface area contributed by atoms with Gasteiger partial charge in [0.2, 0.25) is 0 Å².